The number of aromatic nitrogens is 4. The fourth-order valence-corrected chi connectivity index (χ4v) is 4.43. The minimum absolute atomic E-state index is 0.0301. The van der Waals surface area contributed by atoms with E-state index in [0.717, 1.165) is 21.9 Å². The Labute approximate surface area is 212 Å². The highest BCUT2D eigenvalue weighted by Crippen LogP contribution is 2.33. The number of nitrogens with zero attached hydrogens (tertiary/aromatic N) is 5. The van der Waals surface area contributed by atoms with E-state index < -0.39 is 6.09 Å². The SMILES string of the molecule is CN(CC(=O)N1CCC(c2nc(N)c3c(-c4ccc(Oc5ccccc5)cc4)[nH]nc3n2)CC1)C(=O)O. The standard InChI is InChI=1S/C26H27N7O4/c1-32(26(35)36)15-20(34)33-13-11-17(12-14-33)24-28-23(27)21-22(30-31-25(21)29-24)16-7-9-19(10-8-16)37-18-5-3-2-4-6-18/h2-10,17H,11-15H2,1H3,(H,35,36)(H3,27,28,29,30,31). The molecule has 37 heavy (non-hydrogen) atoms. The molecule has 4 N–H and O–H groups in total. The van der Waals surface area contributed by atoms with Gasteiger partial charge in [0.2, 0.25) is 5.91 Å². The number of nitrogens with one attached hydrogen (secondary N) is 1. The lowest BCUT2D eigenvalue weighted by Gasteiger charge is -2.32. The number of H-pyrrole nitrogens is 1. The first-order valence-corrected chi connectivity index (χ1v) is 12.0. The zero-order valence-corrected chi connectivity index (χ0v) is 20.3. The van der Waals surface area contributed by atoms with Crippen molar-refractivity contribution < 1.29 is 19.4 Å². The van der Waals surface area contributed by atoms with Crippen molar-refractivity contribution in [3.63, 3.8) is 0 Å². The van der Waals surface area contributed by atoms with Gasteiger partial charge in [0.1, 0.15) is 29.7 Å². The van der Waals surface area contributed by atoms with E-state index in [1.807, 2.05) is 54.6 Å². The van der Waals surface area contributed by atoms with Gasteiger partial charge in [-0.15, -0.1) is 0 Å². The Kier molecular flexibility index (Phi) is 6.59. The zero-order chi connectivity index (χ0) is 25.9. The Morgan fingerprint density at radius 1 is 1.08 bits per heavy atom. The summed E-state index contributed by atoms with van der Waals surface area (Å²) in [4.78, 5) is 35.3. The molecule has 11 nitrogen and oxygen atoms in total. The van der Waals surface area contributed by atoms with Crippen LogP contribution in [0.2, 0.25) is 0 Å². The lowest BCUT2D eigenvalue weighted by molar-refractivity contribution is -0.132. The first-order valence-electron chi connectivity index (χ1n) is 12.0. The first kappa shape index (κ1) is 24.0. The van der Waals surface area contributed by atoms with Gasteiger partial charge >= 0.3 is 6.09 Å². The van der Waals surface area contributed by atoms with Gasteiger partial charge in [-0.25, -0.2) is 14.8 Å². The number of rotatable bonds is 6. The number of carboxylic acid groups (broad SMARTS) is 1. The topological polar surface area (TPSA) is 151 Å². The maximum atomic E-state index is 12.4. The number of benzene rings is 2. The summed E-state index contributed by atoms with van der Waals surface area (Å²) in [5, 5.41) is 17.1. The number of likely N-dealkylation sites (tertiary alicyclic amines) is 1. The van der Waals surface area contributed by atoms with E-state index in [1.54, 1.807) is 4.90 Å². The van der Waals surface area contributed by atoms with E-state index in [4.69, 9.17) is 15.6 Å². The summed E-state index contributed by atoms with van der Waals surface area (Å²) in [6.45, 7) is 0.841. The van der Waals surface area contributed by atoms with Crippen molar-refractivity contribution in [3.05, 3.63) is 60.4 Å². The first-order chi connectivity index (χ1) is 17.9. The quantitative estimate of drug-likeness (QED) is 0.362. The van der Waals surface area contributed by atoms with Gasteiger partial charge in [-0.3, -0.25) is 9.89 Å². The summed E-state index contributed by atoms with van der Waals surface area (Å²) in [6, 6.07) is 17.2. The van der Waals surface area contributed by atoms with Gasteiger partial charge in [-0.1, -0.05) is 18.2 Å². The number of para-hydroxylation sites is 1. The maximum absolute atomic E-state index is 12.4. The fourth-order valence-electron chi connectivity index (χ4n) is 4.43. The zero-order valence-electron chi connectivity index (χ0n) is 20.3. The second-order valence-electron chi connectivity index (χ2n) is 9.00. The van der Waals surface area contributed by atoms with Crippen LogP contribution in [0.15, 0.2) is 54.6 Å². The van der Waals surface area contributed by atoms with Crippen LogP contribution in [0, 0.1) is 0 Å². The van der Waals surface area contributed by atoms with Gasteiger partial charge in [0.05, 0.1) is 11.1 Å². The molecule has 11 heteroatoms. The number of ether oxygens (including phenoxy) is 1. The van der Waals surface area contributed by atoms with Crippen molar-refractivity contribution in [3.8, 4) is 22.8 Å². The number of amides is 2. The van der Waals surface area contributed by atoms with E-state index >= 15 is 0 Å². The minimum Gasteiger partial charge on any atom is -0.465 e. The Hall–Kier alpha value is -4.67. The van der Waals surface area contributed by atoms with Gasteiger partial charge in [0.25, 0.3) is 0 Å². The second-order valence-corrected chi connectivity index (χ2v) is 9.00. The number of anilines is 1. The molecule has 190 valence electrons. The summed E-state index contributed by atoms with van der Waals surface area (Å²) in [5.41, 5.74) is 8.47. The molecule has 2 amide bonds. The van der Waals surface area contributed by atoms with Gasteiger partial charge in [0, 0.05) is 31.6 Å². The highest BCUT2D eigenvalue weighted by atomic mass is 16.5. The summed E-state index contributed by atoms with van der Waals surface area (Å²) in [6.07, 6.45) is 0.191. The third-order valence-electron chi connectivity index (χ3n) is 6.49. The average Bonchev–Trinajstić information content (AvgIpc) is 3.34. The van der Waals surface area contributed by atoms with Gasteiger partial charge in [0.15, 0.2) is 5.65 Å². The predicted molar refractivity (Wildman–Crippen MR) is 137 cm³/mol. The molecule has 0 saturated carbocycles. The number of carbonyl (C=O) groups is 2. The van der Waals surface area contributed by atoms with E-state index in [1.165, 1.54) is 7.05 Å². The molecule has 2 aromatic heterocycles. The molecule has 0 aliphatic carbocycles. The van der Waals surface area contributed by atoms with Crippen molar-refractivity contribution in [2.45, 2.75) is 18.8 Å². The summed E-state index contributed by atoms with van der Waals surface area (Å²) in [5.74, 6) is 2.23. The van der Waals surface area contributed by atoms with E-state index in [-0.39, 0.29) is 18.4 Å². The average molecular weight is 502 g/mol. The van der Waals surface area contributed by atoms with Gasteiger partial charge in [-0.2, -0.15) is 5.10 Å². The maximum Gasteiger partial charge on any atom is 0.407 e. The third kappa shape index (κ3) is 5.15. The van der Waals surface area contributed by atoms with E-state index in [0.29, 0.717) is 54.4 Å². The molecular weight excluding hydrogens is 474 g/mol. The molecule has 5 rings (SSSR count). The summed E-state index contributed by atoms with van der Waals surface area (Å²) < 4.78 is 5.87. The Bertz CT molecular complexity index is 1410. The number of likely N-dealkylation sites (N-methyl/N-ethyl adjacent to an activating group) is 1. The summed E-state index contributed by atoms with van der Waals surface area (Å²) in [7, 11) is 1.38. The number of nitrogens with two attached hydrogens (primary N) is 1. The highest BCUT2D eigenvalue weighted by molar-refractivity contribution is 5.98. The fraction of sp³-hybridized carbons (Fsp3) is 0.269. The lowest BCUT2D eigenvalue weighted by Crippen LogP contribution is -2.44. The number of hydrogen-bond donors (Lipinski definition) is 3. The molecule has 0 spiro atoms. The van der Waals surface area contributed by atoms with Crippen molar-refractivity contribution in [2.24, 2.45) is 0 Å². The molecule has 0 unspecified atom stereocenters. The number of fused-ring (bicyclic) bond motifs is 1. The predicted octanol–water partition coefficient (Wildman–Crippen LogP) is 3.71. The molecule has 1 saturated heterocycles. The van der Waals surface area contributed by atoms with Crippen LogP contribution in [0.4, 0.5) is 10.6 Å². The molecule has 1 fully saturated rings. The number of nitrogen functional groups attached to an aromatic ring is 1. The van der Waals surface area contributed by atoms with Gasteiger partial charge < -0.3 is 25.4 Å². The Balaban J connectivity index is 1.28. The van der Waals surface area contributed by atoms with Gasteiger partial charge in [-0.05, 0) is 49.2 Å². The van der Waals surface area contributed by atoms with Crippen molar-refractivity contribution in [1.82, 2.24) is 30.0 Å². The Morgan fingerprint density at radius 3 is 2.43 bits per heavy atom. The smallest absolute Gasteiger partial charge is 0.407 e. The number of carbonyl (C=O) groups excluding carboxylic acids is 1. The van der Waals surface area contributed by atoms with Crippen LogP contribution < -0.4 is 10.5 Å². The van der Waals surface area contributed by atoms with Crippen LogP contribution in [-0.2, 0) is 4.79 Å². The van der Waals surface area contributed by atoms with Crippen LogP contribution in [0.5, 0.6) is 11.5 Å². The Morgan fingerprint density at radius 2 is 1.76 bits per heavy atom. The van der Waals surface area contributed by atoms with E-state index in [2.05, 4.69) is 20.2 Å². The van der Waals surface area contributed by atoms with Crippen molar-refractivity contribution in [1.29, 1.82) is 0 Å². The van der Waals surface area contributed by atoms with Crippen LogP contribution in [0.25, 0.3) is 22.3 Å². The van der Waals surface area contributed by atoms with E-state index in [9.17, 15) is 9.59 Å². The molecule has 1 aliphatic rings. The van der Waals surface area contributed by atoms with Crippen LogP contribution in [0.1, 0.15) is 24.6 Å². The lowest BCUT2D eigenvalue weighted by atomic mass is 9.95. The minimum atomic E-state index is -1.13. The monoisotopic (exact) mass is 501 g/mol. The number of hydrogen-bond acceptors (Lipinski definition) is 7. The van der Waals surface area contributed by atoms with Crippen molar-refractivity contribution in [2.75, 3.05) is 32.4 Å². The molecule has 4 aromatic rings. The molecule has 2 aromatic carbocycles. The largest absolute Gasteiger partial charge is 0.465 e. The normalized spacial score (nSPS) is 14.0. The van der Waals surface area contributed by atoms with Crippen LogP contribution >= 0.6 is 0 Å². The number of piperidine rings is 1. The molecule has 3 heterocycles. The molecular formula is C26H27N7O4. The third-order valence-corrected chi connectivity index (χ3v) is 6.49. The van der Waals surface area contributed by atoms with Crippen LogP contribution in [-0.4, -0.2) is 73.8 Å². The highest BCUT2D eigenvalue weighted by Gasteiger charge is 2.28. The van der Waals surface area contributed by atoms with Crippen molar-refractivity contribution >= 4 is 28.9 Å². The summed E-state index contributed by atoms with van der Waals surface area (Å²) >= 11 is 0. The van der Waals surface area contributed by atoms with Crippen LogP contribution in [0.3, 0.4) is 0 Å². The molecule has 0 bridgehead atoms. The molecule has 0 radical (unpaired) electrons. The molecule has 1 aliphatic heterocycles. The number of aromatic amines is 1. The molecule has 0 atom stereocenters. The second kappa shape index (κ2) is 10.1.